The Labute approximate surface area is 184 Å². The zero-order valence-electron chi connectivity index (χ0n) is 18.1. The van der Waals surface area contributed by atoms with Crippen molar-refractivity contribution >= 4 is 34.2 Å². The van der Waals surface area contributed by atoms with E-state index in [1.165, 1.54) is 9.58 Å². The van der Waals surface area contributed by atoms with E-state index < -0.39 is 18.5 Å². The van der Waals surface area contributed by atoms with Crippen LogP contribution in [-0.4, -0.2) is 53.2 Å². The van der Waals surface area contributed by atoms with Gasteiger partial charge in [-0.1, -0.05) is 25.1 Å². The SMILES string of the molecule is CCCn1nc(C(=O)OCC(=O)Nc2ccc(C(=O)N(C)C)cc2)c2ccccc2c1=O. The number of fused-ring (bicyclic) bond motifs is 1. The number of ether oxygens (including phenoxy) is 1. The Kier molecular flexibility index (Phi) is 6.99. The molecule has 2 amide bonds. The average Bonchev–Trinajstić information content (AvgIpc) is 2.79. The first-order valence-corrected chi connectivity index (χ1v) is 10.1. The largest absolute Gasteiger partial charge is 0.451 e. The fourth-order valence-electron chi connectivity index (χ4n) is 3.10. The Balaban J connectivity index is 1.70. The second kappa shape index (κ2) is 9.86. The van der Waals surface area contributed by atoms with Crippen molar-refractivity contribution in [2.75, 3.05) is 26.0 Å². The molecule has 1 aromatic heterocycles. The molecule has 32 heavy (non-hydrogen) atoms. The number of esters is 1. The van der Waals surface area contributed by atoms with Crippen LogP contribution >= 0.6 is 0 Å². The van der Waals surface area contributed by atoms with E-state index in [0.29, 0.717) is 35.0 Å². The van der Waals surface area contributed by atoms with Crippen molar-refractivity contribution in [2.45, 2.75) is 19.9 Å². The first-order chi connectivity index (χ1) is 15.3. The number of hydrogen-bond acceptors (Lipinski definition) is 6. The number of carbonyl (C=O) groups excluding carboxylic acids is 3. The standard InChI is InChI=1S/C23H24N4O5/c1-4-13-27-22(30)18-8-6-5-7-17(18)20(25-27)23(31)32-14-19(28)24-16-11-9-15(10-12-16)21(29)26(2)3/h5-12H,4,13-14H2,1-3H3,(H,24,28). The maximum Gasteiger partial charge on any atom is 0.359 e. The van der Waals surface area contributed by atoms with Gasteiger partial charge in [0.25, 0.3) is 17.4 Å². The minimum Gasteiger partial charge on any atom is -0.451 e. The van der Waals surface area contributed by atoms with Gasteiger partial charge < -0.3 is 15.0 Å². The summed E-state index contributed by atoms with van der Waals surface area (Å²) in [6.45, 7) is 1.73. The molecule has 0 bridgehead atoms. The highest BCUT2D eigenvalue weighted by molar-refractivity contribution is 6.03. The van der Waals surface area contributed by atoms with E-state index in [-0.39, 0.29) is 17.2 Å². The molecule has 0 aliphatic rings. The Hall–Kier alpha value is -4.01. The summed E-state index contributed by atoms with van der Waals surface area (Å²) in [5, 5.41) is 7.49. The lowest BCUT2D eigenvalue weighted by Crippen LogP contribution is -2.27. The number of hydrogen-bond donors (Lipinski definition) is 1. The minimum absolute atomic E-state index is 0.0204. The number of aromatic nitrogens is 2. The van der Waals surface area contributed by atoms with Gasteiger partial charge in [0.05, 0.1) is 5.39 Å². The normalized spacial score (nSPS) is 10.6. The molecule has 0 aliphatic heterocycles. The van der Waals surface area contributed by atoms with Crippen molar-refractivity contribution in [3.63, 3.8) is 0 Å². The topological polar surface area (TPSA) is 111 Å². The molecule has 2 aromatic carbocycles. The van der Waals surface area contributed by atoms with Crippen LogP contribution in [0.25, 0.3) is 10.8 Å². The van der Waals surface area contributed by atoms with Gasteiger partial charge in [0, 0.05) is 37.3 Å². The number of nitrogens with one attached hydrogen (secondary N) is 1. The van der Waals surface area contributed by atoms with Crippen molar-refractivity contribution in [1.82, 2.24) is 14.7 Å². The molecule has 0 radical (unpaired) electrons. The van der Waals surface area contributed by atoms with Crippen LogP contribution in [0.15, 0.2) is 53.3 Å². The van der Waals surface area contributed by atoms with Gasteiger partial charge in [-0.15, -0.1) is 0 Å². The molecule has 9 nitrogen and oxygen atoms in total. The summed E-state index contributed by atoms with van der Waals surface area (Å²) in [7, 11) is 3.30. The molecule has 0 unspecified atom stereocenters. The molecule has 0 atom stereocenters. The third kappa shape index (κ3) is 5.00. The van der Waals surface area contributed by atoms with Crippen LogP contribution in [0.3, 0.4) is 0 Å². The number of nitrogens with zero attached hydrogens (tertiary/aromatic N) is 3. The number of benzene rings is 2. The van der Waals surface area contributed by atoms with Crippen LogP contribution in [0.2, 0.25) is 0 Å². The molecular formula is C23H24N4O5. The van der Waals surface area contributed by atoms with Crippen LogP contribution in [0, 0.1) is 0 Å². The number of carbonyl (C=O) groups is 3. The summed E-state index contributed by atoms with van der Waals surface area (Å²) in [6.07, 6.45) is 0.668. The van der Waals surface area contributed by atoms with Crippen molar-refractivity contribution in [1.29, 1.82) is 0 Å². The lowest BCUT2D eigenvalue weighted by Gasteiger charge is -2.11. The molecule has 0 spiro atoms. The van der Waals surface area contributed by atoms with Crippen molar-refractivity contribution in [2.24, 2.45) is 0 Å². The summed E-state index contributed by atoms with van der Waals surface area (Å²) in [5.41, 5.74) is 0.641. The van der Waals surface area contributed by atoms with Crippen molar-refractivity contribution < 1.29 is 19.1 Å². The van der Waals surface area contributed by atoms with Gasteiger partial charge in [0.15, 0.2) is 12.3 Å². The molecule has 9 heteroatoms. The maximum absolute atomic E-state index is 12.6. The predicted octanol–water partition coefficient (Wildman–Crippen LogP) is 2.30. The summed E-state index contributed by atoms with van der Waals surface area (Å²) >= 11 is 0. The molecule has 3 aromatic rings. The fraction of sp³-hybridized carbons (Fsp3) is 0.261. The van der Waals surface area contributed by atoms with Crippen LogP contribution < -0.4 is 10.9 Å². The fourth-order valence-corrected chi connectivity index (χ4v) is 3.10. The number of anilines is 1. The highest BCUT2D eigenvalue weighted by atomic mass is 16.5. The molecule has 3 rings (SSSR count). The van der Waals surface area contributed by atoms with E-state index in [0.717, 1.165) is 0 Å². The lowest BCUT2D eigenvalue weighted by molar-refractivity contribution is -0.119. The van der Waals surface area contributed by atoms with Gasteiger partial charge in [-0.25, -0.2) is 9.48 Å². The Morgan fingerprint density at radius 1 is 1.03 bits per heavy atom. The first-order valence-electron chi connectivity index (χ1n) is 10.1. The van der Waals surface area contributed by atoms with Gasteiger partial charge in [0.2, 0.25) is 0 Å². The predicted molar refractivity (Wildman–Crippen MR) is 120 cm³/mol. The molecule has 1 N–H and O–H groups in total. The molecule has 1 heterocycles. The summed E-state index contributed by atoms with van der Waals surface area (Å²) in [4.78, 5) is 50.8. The minimum atomic E-state index is -0.798. The average molecular weight is 436 g/mol. The Morgan fingerprint density at radius 2 is 1.69 bits per heavy atom. The van der Waals surface area contributed by atoms with E-state index in [2.05, 4.69) is 10.4 Å². The summed E-state index contributed by atoms with van der Waals surface area (Å²) in [5.74, 6) is -1.50. The maximum atomic E-state index is 12.6. The Morgan fingerprint density at radius 3 is 2.31 bits per heavy atom. The van der Waals surface area contributed by atoms with Crippen molar-refractivity contribution in [3.8, 4) is 0 Å². The van der Waals surface area contributed by atoms with Gasteiger partial charge in [-0.2, -0.15) is 5.10 Å². The molecule has 0 saturated carbocycles. The number of amides is 2. The van der Waals surface area contributed by atoms with E-state index in [9.17, 15) is 19.2 Å². The highest BCUT2D eigenvalue weighted by Gasteiger charge is 2.19. The van der Waals surface area contributed by atoms with E-state index in [1.54, 1.807) is 62.6 Å². The highest BCUT2D eigenvalue weighted by Crippen LogP contribution is 2.15. The van der Waals surface area contributed by atoms with E-state index in [1.807, 2.05) is 6.92 Å². The Bertz CT molecular complexity index is 1220. The van der Waals surface area contributed by atoms with Crippen LogP contribution in [0.1, 0.15) is 34.2 Å². The second-order valence-electron chi connectivity index (χ2n) is 7.32. The summed E-state index contributed by atoms with van der Waals surface area (Å²) in [6, 6.07) is 13.0. The van der Waals surface area contributed by atoms with Gasteiger partial charge in [0.1, 0.15) is 0 Å². The number of aryl methyl sites for hydroxylation is 1. The molecule has 0 aliphatic carbocycles. The van der Waals surface area contributed by atoms with E-state index in [4.69, 9.17) is 4.74 Å². The first kappa shape index (κ1) is 22.7. The molecule has 166 valence electrons. The quantitative estimate of drug-likeness (QED) is 0.569. The zero-order valence-corrected chi connectivity index (χ0v) is 18.1. The molecule has 0 fully saturated rings. The molecule has 0 saturated heterocycles. The lowest BCUT2D eigenvalue weighted by atomic mass is 10.1. The van der Waals surface area contributed by atoms with Gasteiger partial charge >= 0.3 is 5.97 Å². The second-order valence-corrected chi connectivity index (χ2v) is 7.32. The molecular weight excluding hydrogens is 412 g/mol. The van der Waals surface area contributed by atoms with Crippen LogP contribution in [0.5, 0.6) is 0 Å². The summed E-state index contributed by atoms with van der Waals surface area (Å²) < 4.78 is 6.38. The van der Waals surface area contributed by atoms with Gasteiger partial charge in [-0.3, -0.25) is 14.4 Å². The van der Waals surface area contributed by atoms with Gasteiger partial charge in [-0.05, 0) is 36.8 Å². The monoisotopic (exact) mass is 436 g/mol. The zero-order chi connectivity index (χ0) is 23.3. The van der Waals surface area contributed by atoms with Crippen LogP contribution in [-0.2, 0) is 16.1 Å². The smallest absolute Gasteiger partial charge is 0.359 e. The van der Waals surface area contributed by atoms with E-state index >= 15 is 0 Å². The van der Waals surface area contributed by atoms with Crippen LogP contribution in [0.4, 0.5) is 5.69 Å². The third-order valence-electron chi connectivity index (χ3n) is 4.65. The van der Waals surface area contributed by atoms with Crippen molar-refractivity contribution in [3.05, 3.63) is 70.1 Å². The number of rotatable bonds is 7. The third-order valence-corrected chi connectivity index (χ3v) is 4.65.